The summed E-state index contributed by atoms with van der Waals surface area (Å²) in [6.07, 6.45) is 5.14. The Morgan fingerprint density at radius 1 is 1.13 bits per heavy atom. The number of rotatable bonds is 7. The third-order valence-corrected chi connectivity index (χ3v) is 6.30. The van der Waals surface area contributed by atoms with Crippen molar-refractivity contribution in [2.24, 2.45) is 5.92 Å². The minimum absolute atomic E-state index is 0.287. The second kappa shape index (κ2) is 9.96. The highest BCUT2D eigenvalue weighted by Gasteiger charge is 2.31. The molecule has 1 amide bonds. The lowest BCUT2D eigenvalue weighted by molar-refractivity contribution is -0.139. The Kier molecular flexibility index (Phi) is 6.87. The first kappa shape index (κ1) is 21.4. The highest BCUT2D eigenvalue weighted by molar-refractivity contribution is 5.80. The number of piperazine rings is 1. The summed E-state index contributed by atoms with van der Waals surface area (Å²) in [5, 5.41) is 3.51. The number of nitrogens with one attached hydrogen (secondary N) is 1. The number of benzene rings is 1. The zero-order chi connectivity index (χ0) is 21.6. The van der Waals surface area contributed by atoms with Gasteiger partial charge in [-0.15, -0.1) is 0 Å². The van der Waals surface area contributed by atoms with Crippen LogP contribution in [0.1, 0.15) is 31.7 Å². The van der Waals surface area contributed by atoms with E-state index in [1.54, 1.807) is 13.3 Å². The van der Waals surface area contributed by atoms with Crippen LogP contribution in [-0.2, 0) is 4.79 Å². The van der Waals surface area contributed by atoms with Crippen LogP contribution in [0.3, 0.4) is 0 Å². The lowest BCUT2D eigenvalue weighted by Crippen LogP contribution is -2.51. The van der Waals surface area contributed by atoms with Crippen LogP contribution >= 0.6 is 0 Å². The van der Waals surface area contributed by atoms with Crippen molar-refractivity contribution < 1.29 is 9.53 Å². The van der Waals surface area contributed by atoms with E-state index in [-0.39, 0.29) is 5.92 Å². The monoisotopic (exact) mass is 420 g/mol. The van der Waals surface area contributed by atoms with Crippen LogP contribution in [0, 0.1) is 5.92 Å². The fourth-order valence-corrected chi connectivity index (χ4v) is 4.22. The van der Waals surface area contributed by atoms with E-state index in [9.17, 15) is 4.79 Å². The Bertz CT molecular complexity index is 916. The number of anilines is 1. The number of amides is 1. The third-order valence-electron chi connectivity index (χ3n) is 6.30. The molecule has 6 nitrogen and oxygen atoms in total. The molecule has 1 aromatic heterocycles. The van der Waals surface area contributed by atoms with Gasteiger partial charge in [0.05, 0.1) is 7.11 Å². The van der Waals surface area contributed by atoms with Crippen LogP contribution in [0.4, 0.5) is 5.82 Å². The van der Waals surface area contributed by atoms with Crippen molar-refractivity contribution in [1.29, 1.82) is 0 Å². The summed E-state index contributed by atoms with van der Waals surface area (Å²) >= 11 is 0. The highest BCUT2D eigenvalue weighted by atomic mass is 16.5. The first-order valence-corrected chi connectivity index (χ1v) is 11.2. The van der Waals surface area contributed by atoms with Gasteiger partial charge in [-0.1, -0.05) is 24.6 Å². The minimum Gasteiger partial charge on any atom is -0.497 e. The molecule has 4 rings (SSSR count). The van der Waals surface area contributed by atoms with Gasteiger partial charge in [0, 0.05) is 56.1 Å². The normalized spacial score (nSPS) is 18.2. The van der Waals surface area contributed by atoms with Crippen LogP contribution in [0.25, 0.3) is 5.70 Å². The Morgan fingerprint density at radius 3 is 2.58 bits per heavy atom. The predicted octanol–water partition coefficient (Wildman–Crippen LogP) is 3.88. The van der Waals surface area contributed by atoms with Crippen molar-refractivity contribution in [3.05, 3.63) is 59.8 Å². The van der Waals surface area contributed by atoms with Crippen molar-refractivity contribution >= 4 is 17.4 Å². The van der Waals surface area contributed by atoms with E-state index in [2.05, 4.69) is 33.1 Å². The molecule has 2 aromatic rings. The molecule has 0 spiro atoms. The molecular formula is C25H32N4O2. The highest BCUT2D eigenvalue weighted by Crippen LogP contribution is 2.29. The van der Waals surface area contributed by atoms with Crippen LogP contribution in [0.2, 0.25) is 0 Å². The van der Waals surface area contributed by atoms with Gasteiger partial charge in [0.15, 0.2) is 0 Å². The van der Waals surface area contributed by atoms with Gasteiger partial charge >= 0.3 is 0 Å². The van der Waals surface area contributed by atoms with E-state index in [0.717, 1.165) is 68.4 Å². The number of ether oxygens (including phenoxy) is 1. The molecule has 1 aliphatic carbocycles. The van der Waals surface area contributed by atoms with E-state index in [4.69, 9.17) is 4.74 Å². The van der Waals surface area contributed by atoms with Crippen LogP contribution in [0.5, 0.6) is 5.75 Å². The predicted molar refractivity (Wildman–Crippen MR) is 124 cm³/mol. The number of pyridine rings is 1. The summed E-state index contributed by atoms with van der Waals surface area (Å²) in [6.45, 7) is 6.47. The summed E-state index contributed by atoms with van der Waals surface area (Å²) in [6, 6.07) is 14.0. The SMILES string of the molecule is COc1cccc(/C(Nc2ccccn2)=C(/C)CN2CCN(C(=O)C3CCC3)CC2)c1. The maximum atomic E-state index is 12.5. The summed E-state index contributed by atoms with van der Waals surface area (Å²) in [5.41, 5.74) is 3.35. The van der Waals surface area contributed by atoms with E-state index < -0.39 is 0 Å². The van der Waals surface area contributed by atoms with Gasteiger partial charge in [-0.2, -0.15) is 0 Å². The Morgan fingerprint density at radius 2 is 1.94 bits per heavy atom. The summed E-state index contributed by atoms with van der Waals surface area (Å²) < 4.78 is 5.44. The van der Waals surface area contributed by atoms with E-state index in [1.807, 2.05) is 36.4 Å². The number of hydrogen-bond acceptors (Lipinski definition) is 5. The second-order valence-corrected chi connectivity index (χ2v) is 8.46. The van der Waals surface area contributed by atoms with Gasteiger partial charge in [-0.25, -0.2) is 4.98 Å². The van der Waals surface area contributed by atoms with E-state index in [1.165, 1.54) is 12.0 Å². The van der Waals surface area contributed by atoms with Crippen molar-refractivity contribution in [3.63, 3.8) is 0 Å². The van der Waals surface area contributed by atoms with Crippen LogP contribution in [-0.4, -0.2) is 60.5 Å². The minimum atomic E-state index is 0.287. The first-order valence-electron chi connectivity index (χ1n) is 11.2. The molecule has 0 atom stereocenters. The topological polar surface area (TPSA) is 57.7 Å². The quantitative estimate of drug-likeness (QED) is 0.737. The van der Waals surface area contributed by atoms with Gasteiger partial charge in [-0.05, 0) is 49.6 Å². The number of nitrogens with zero attached hydrogens (tertiary/aromatic N) is 3. The average molecular weight is 421 g/mol. The van der Waals surface area contributed by atoms with Crippen LogP contribution < -0.4 is 10.1 Å². The fourth-order valence-electron chi connectivity index (χ4n) is 4.22. The maximum absolute atomic E-state index is 12.5. The molecule has 2 fully saturated rings. The number of carbonyl (C=O) groups is 1. The molecule has 2 heterocycles. The Balaban J connectivity index is 1.48. The molecule has 31 heavy (non-hydrogen) atoms. The number of methoxy groups -OCH3 is 1. The van der Waals surface area contributed by atoms with Gasteiger partial charge < -0.3 is 15.0 Å². The molecule has 2 aliphatic rings. The molecule has 0 bridgehead atoms. The standard InChI is InChI=1S/C25H32N4O2/c1-19(18-28-13-15-29(16-14-28)25(30)20-7-5-8-20)24(27-23-11-3-4-12-26-23)21-9-6-10-22(17-21)31-2/h3-4,6,9-12,17,20H,5,7-8,13-16,18H2,1-2H3,(H,26,27)/b24-19+. The van der Waals surface area contributed by atoms with Crippen molar-refractivity contribution in [1.82, 2.24) is 14.8 Å². The molecule has 1 aromatic carbocycles. The maximum Gasteiger partial charge on any atom is 0.225 e. The first-order chi connectivity index (χ1) is 15.1. The van der Waals surface area contributed by atoms with Gasteiger partial charge in [0.1, 0.15) is 11.6 Å². The molecule has 1 saturated heterocycles. The molecule has 1 saturated carbocycles. The largest absolute Gasteiger partial charge is 0.497 e. The van der Waals surface area contributed by atoms with Gasteiger partial charge in [0.2, 0.25) is 5.91 Å². The van der Waals surface area contributed by atoms with Gasteiger partial charge in [0.25, 0.3) is 0 Å². The smallest absolute Gasteiger partial charge is 0.225 e. The Hall–Kier alpha value is -2.86. The average Bonchev–Trinajstić information content (AvgIpc) is 2.77. The number of aromatic nitrogens is 1. The van der Waals surface area contributed by atoms with E-state index >= 15 is 0 Å². The number of carbonyl (C=O) groups excluding carboxylic acids is 1. The molecular weight excluding hydrogens is 388 g/mol. The van der Waals surface area contributed by atoms with Crippen molar-refractivity contribution in [2.45, 2.75) is 26.2 Å². The van der Waals surface area contributed by atoms with E-state index in [0.29, 0.717) is 5.91 Å². The summed E-state index contributed by atoms with van der Waals surface area (Å²) in [4.78, 5) is 21.5. The lowest BCUT2D eigenvalue weighted by Gasteiger charge is -2.38. The number of hydrogen-bond donors (Lipinski definition) is 1. The summed E-state index contributed by atoms with van der Waals surface area (Å²) in [5.74, 6) is 2.30. The summed E-state index contributed by atoms with van der Waals surface area (Å²) in [7, 11) is 1.69. The van der Waals surface area contributed by atoms with Gasteiger partial charge in [-0.3, -0.25) is 9.69 Å². The van der Waals surface area contributed by atoms with Crippen LogP contribution in [0.15, 0.2) is 54.2 Å². The molecule has 0 unspecified atom stereocenters. The fraction of sp³-hybridized carbons (Fsp3) is 0.440. The lowest BCUT2D eigenvalue weighted by atomic mass is 9.84. The second-order valence-electron chi connectivity index (χ2n) is 8.46. The molecule has 0 radical (unpaired) electrons. The zero-order valence-electron chi connectivity index (χ0n) is 18.5. The molecule has 164 valence electrons. The molecule has 6 heteroatoms. The Labute approximate surface area is 184 Å². The molecule has 1 aliphatic heterocycles. The van der Waals surface area contributed by atoms with Crippen molar-refractivity contribution in [3.8, 4) is 5.75 Å². The zero-order valence-corrected chi connectivity index (χ0v) is 18.5. The molecule has 1 N–H and O–H groups in total. The third kappa shape index (κ3) is 5.25. The van der Waals surface area contributed by atoms with Crippen molar-refractivity contribution in [2.75, 3.05) is 45.2 Å².